The number of anilines is 1. The van der Waals surface area contributed by atoms with Crippen LogP contribution in [0.4, 0.5) is 5.69 Å². The minimum atomic E-state index is -3.40. The number of halogens is 1. The summed E-state index contributed by atoms with van der Waals surface area (Å²) in [5.74, 6) is -0.316. The van der Waals surface area contributed by atoms with Gasteiger partial charge in [-0.25, -0.2) is 13.1 Å². The lowest BCUT2D eigenvalue weighted by Gasteiger charge is -2.14. The van der Waals surface area contributed by atoms with Gasteiger partial charge in [0.25, 0.3) is 5.91 Å². The standard InChI is InChI=1S/C24H26ClN3O3S/c1-16(2)23-22(15-26-28(23)19-9-5-7-17(25)13-19)24(29)27-18-8-6-12-21(14-18)32(30,31)20-10-3-4-11-20/h5-9,12-16,20H,3-4,10-11H2,1-2H3,(H,27,29). The highest BCUT2D eigenvalue weighted by Gasteiger charge is 2.30. The number of rotatable bonds is 6. The first-order chi connectivity index (χ1) is 15.3. The number of sulfone groups is 1. The molecule has 1 amide bonds. The summed E-state index contributed by atoms with van der Waals surface area (Å²) in [5.41, 5.74) is 2.40. The quantitative estimate of drug-likeness (QED) is 0.506. The summed E-state index contributed by atoms with van der Waals surface area (Å²) in [6.07, 6.45) is 4.80. The Morgan fingerprint density at radius 3 is 2.53 bits per heavy atom. The molecule has 1 fully saturated rings. The molecule has 0 atom stereocenters. The Bertz CT molecular complexity index is 1240. The number of carbonyl (C=O) groups excluding carboxylic acids is 1. The highest BCUT2D eigenvalue weighted by atomic mass is 35.5. The molecule has 168 valence electrons. The molecule has 4 rings (SSSR count). The first-order valence-corrected chi connectivity index (χ1v) is 12.7. The largest absolute Gasteiger partial charge is 0.322 e. The van der Waals surface area contributed by atoms with Crippen molar-refractivity contribution in [3.63, 3.8) is 0 Å². The topological polar surface area (TPSA) is 81.1 Å². The zero-order valence-corrected chi connectivity index (χ0v) is 19.7. The summed E-state index contributed by atoms with van der Waals surface area (Å²) in [5, 5.41) is 7.52. The van der Waals surface area contributed by atoms with Crippen molar-refractivity contribution in [2.24, 2.45) is 0 Å². The van der Waals surface area contributed by atoms with E-state index in [1.807, 2.05) is 26.0 Å². The van der Waals surface area contributed by atoms with Crippen LogP contribution in [0.5, 0.6) is 0 Å². The Balaban J connectivity index is 1.62. The van der Waals surface area contributed by atoms with E-state index in [9.17, 15) is 13.2 Å². The van der Waals surface area contributed by atoms with E-state index in [-0.39, 0.29) is 22.0 Å². The van der Waals surface area contributed by atoms with Crippen molar-refractivity contribution in [2.75, 3.05) is 5.32 Å². The fraction of sp³-hybridized carbons (Fsp3) is 0.333. The Kier molecular flexibility index (Phi) is 6.40. The Morgan fingerprint density at radius 1 is 1.12 bits per heavy atom. The molecule has 1 heterocycles. The van der Waals surface area contributed by atoms with Gasteiger partial charge in [-0.15, -0.1) is 0 Å². The maximum Gasteiger partial charge on any atom is 0.259 e. The van der Waals surface area contributed by atoms with E-state index < -0.39 is 9.84 Å². The van der Waals surface area contributed by atoms with E-state index in [1.54, 1.807) is 41.1 Å². The molecule has 1 N–H and O–H groups in total. The second kappa shape index (κ2) is 9.08. The zero-order valence-electron chi connectivity index (χ0n) is 18.1. The third-order valence-corrected chi connectivity index (χ3v) is 8.31. The predicted octanol–water partition coefficient (Wildman–Crippen LogP) is 5.62. The molecule has 3 aromatic rings. The molecule has 0 bridgehead atoms. The van der Waals surface area contributed by atoms with Gasteiger partial charge in [-0.3, -0.25) is 4.79 Å². The number of nitrogens with one attached hydrogen (secondary N) is 1. The number of aromatic nitrogens is 2. The van der Waals surface area contributed by atoms with Gasteiger partial charge >= 0.3 is 0 Å². The van der Waals surface area contributed by atoms with Crippen LogP contribution in [0.15, 0.2) is 59.6 Å². The summed E-state index contributed by atoms with van der Waals surface area (Å²) in [4.78, 5) is 13.4. The van der Waals surface area contributed by atoms with Crippen LogP contribution in [-0.2, 0) is 9.84 Å². The number of hydrogen-bond acceptors (Lipinski definition) is 4. The molecule has 2 aromatic carbocycles. The average Bonchev–Trinajstić information content (AvgIpc) is 3.44. The van der Waals surface area contributed by atoms with Crippen molar-refractivity contribution in [1.82, 2.24) is 9.78 Å². The van der Waals surface area contributed by atoms with Gasteiger partial charge in [0.2, 0.25) is 0 Å². The minimum Gasteiger partial charge on any atom is -0.322 e. The van der Waals surface area contributed by atoms with Crippen LogP contribution in [0, 0.1) is 0 Å². The Labute approximate surface area is 193 Å². The summed E-state index contributed by atoms with van der Waals surface area (Å²) in [6.45, 7) is 3.98. The Morgan fingerprint density at radius 2 is 1.84 bits per heavy atom. The van der Waals surface area contributed by atoms with Gasteiger partial charge in [0, 0.05) is 10.7 Å². The Hall–Kier alpha value is -2.64. The molecule has 32 heavy (non-hydrogen) atoms. The highest BCUT2D eigenvalue weighted by Crippen LogP contribution is 2.31. The van der Waals surface area contributed by atoms with Gasteiger partial charge in [0.05, 0.1) is 33.3 Å². The third-order valence-electron chi connectivity index (χ3n) is 5.81. The molecule has 1 aromatic heterocycles. The van der Waals surface area contributed by atoms with Crippen molar-refractivity contribution < 1.29 is 13.2 Å². The molecule has 1 aliphatic rings. The second-order valence-electron chi connectivity index (χ2n) is 8.42. The first kappa shape index (κ1) is 22.6. The molecule has 1 saturated carbocycles. The second-order valence-corrected chi connectivity index (χ2v) is 11.1. The molecule has 1 aliphatic carbocycles. The van der Waals surface area contributed by atoms with E-state index in [4.69, 9.17) is 11.6 Å². The summed E-state index contributed by atoms with van der Waals surface area (Å²) in [6, 6.07) is 13.8. The summed E-state index contributed by atoms with van der Waals surface area (Å²) >= 11 is 6.13. The fourth-order valence-corrected chi connectivity index (χ4v) is 6.33. The molecule has 8 heteroatoms. The lowest BCUT2D eigenvalue weighted by atomic mass is 10.0. The van der Waals surface area contributed by atoms with Crippen molar-refractivity contribution in [3.05, 3.63) is 71.0 Å². The van der Waals surface area contributed by atoms with E-state index in [2.05, 4.69) is 10.4 Å². The molecule has 0 saturated heterocycles. The number of benzene rings is 2. The maximum atomic E-state index is 13.1. The average molecular weight is 472 g/mol. The zero-order chi connectivity index (χ0) is 22.9. The van der Waals surface area contributed by atoms with Gasteiger partial charge < -0.3 is 5.32 Å². The maximum absolute atomic E-state index is 13.1. The van der Waals surface area contributed by atoms with Gasteiger partial charge in [-0.2, -0.15) is 5.10 Å². The molecule has 0 unspecified atom stereocenters. The fourth-order valence-electron chi connectivity index (χ4n) is 4.24. The number of hydrogen-bond donors (Lipinski definition) is 1. The highest BCUT2D eigenvalue weighted by molar-refractivity contribution is 7.92. The summed E-state index contributed by atoms with van der Waals surface area (Å²) in [7, 11) is -3.40. The van der Waals surface area contributed by atoms with Crippen molar-refractivity contribution in [1.29, 1.82) is 0 Å². The molecule has 6 nitrogen and oxygen atoms in total. The van der Waals surface area contributed by atoms with E-state index in [0.717, 1.165) is 24.2 Å². The van der Waals surface area contributed by atoms with Crippen LogP contribution in [-0.4, -0.2) is 29.4 Å². The van der Waals surface area contributed by atoms with Crippen molar-refractivity contribution in [3.8, 4) is 5.69 Å². The SMILES string of the molecule is CC(C)c1c(C(=O)Nc2cccc(S(=O)(=O)C3CCCC3)c2)cnn1-c1cccc(Cl)c1. The van der Waals surface area contributed by atoms with Crippen LogP contribution < -0.4 is 5.32 Å². The van der Waals surface area contributed by atoms with Gasteiger partial charge in [-0.1, -0.05) is 50.4 Å². The molecular weight excluding hydrogens is 446 g/mol. The van der Waals surface area contributed by atoms with Crippen LogP contribution in [0.1, 0.15) is 61.5 Å². The molecule has 0 radical (unpaired) electrons. The number of amides is 1. The molecule has 0 spiro atoms. The normalized spacial score (nSPS) is 14.8. The monoisotopic (exact) mass is 471 g/mol. The van der Waals surface area contributed by atoms with Crippen LogP contribution in [0.25, 0.3) is 5.69 Å². The summed E-state index contributed by atoms with van der Waals surface area (Å²) < 4.78 is 27.6. The van der Waals surface area contributed by atoms with Crippen LogP contribution >= 0.6 is 11.6 Å². The van der Waals surface area contributed by atoms with Crippen molar-refractivity contribution in [2.45, 2.75) is 55.6 Å². The third kappa shape index (κ3) is 4.45. The first-order valence-electron chi connectivity index (χ1n) is 10.8. The minimum absolute atomic E-state index is 0.0197. The predicted molar refractivity (Wildman–Crippen MR) is 127 cm³/mol. The molecule has 0 aliphatic heterocycles. The van der Waals surface area contributed by atoms with E-state index in [0.29, 0.717) is 29.1 Å². The van der Waals surface area contributed by atoms with Gasteiger partial charge in [-0.05, 0) is 55.2 Å². The lowest BCUT2D eigenvalue weighted by molar-refractivity contribution is 0.102. The van der Waals surface area contributed by atoms with E-state index >= 15 is 0 Å². The number of carbonyl (C=O) groups is 1. The van der Waals surface area contributed by atoms with Crippen LogP contribution in [0.2, 0.25) is 5.02 Å². The lowest BCUT2D eigenvalue weighted by Crippen LogP contribution is -2.19. The van der Waals surface area contributed by atoms with Crippen molar-refractivity contribution >= 4 is 33.0 Å². The smallest absolute Gasteiger partial charge is 0.259 e. The van der Waals surface area contributed by atoms with Gasteiger partial charge in [0.15, 0.2) is 9.84 Å². The number of nitrogens with zero attached hydrogens (tertiary/aromatic N) is 2. The van der Waals surface area contributed by atoms with Gasteiger partial charge in [0.1, 0.15) is 0 Å². The van der Waals surface area contributed by atoms with E-state index in [1.165, 1.54) is 6.20 Å². The molecular formula is C24H26ClN3O3S. The van der Waals surface area contributed by atoms with Crippen LogP contribution in [0.3, 0.4) is 0 Å².